The molecule has 0 aromatic heterocycles. The van der Waals surface area contributed by atoms with Gasteiger partial charge in [0, 0.05) is 0 Å². The van der Waals surface area contributed by atoms with Crippen LogP contribution >= 0.6 is 0 Å². The second-order valence-electron chi connectivity index (χ2n) is 4.92. The number of hydrogen-bond acceptors (Lipinski definition) is 2. The average molecular weight is 301 g/mol. The van der Waals surface area contributed by atoms with E-state index >= 15 is 0 Å². The van der Waals surface area contributed by atoms with Crippen LogP contribution in [0.3, 0.4) is 0 Å². The first-order valence-electron chi connectivity index (χ1n) is 6.78. The zero-order valence-corrected chi connectivity index (χ0v) is 12.8. The molecule has 0 heterocycles. The lowest BCUT2D eigenvalue weighted by atomic mass is 10.1. The minimum absolute atomic E-state index is 0.276. The molecular formula is C17H19NO2S. The van der Waals surface area contributed by atoms with Crippen molar-refractivity contribution in [1.82, 2.24) is 4.72 Å². The van der Waals surface area contributed by atoms with E-state index in [0.717, 1.165) is 11.1 Å². The summed E-state index contributed by atoms with van der Waals surface area (Å²) in [4.78, 5) is 0.276. The van der Waals surface area contributed by atoms with Gasteiger partial charge in [0.1, 0.15) is 0 Å². The summed E-state index contributed by atoms with van der Waals surface area (Å²) in [6.07, 6.45) is 2.25. The van der Waals surface area contributed by atoms with Crippen LogP contribution in [0.5, 0.6) is 0 Å². The quantitative estimate of drug-likeness (QED) is 0.829. The Morgan fingerprint density at radius 2 is 1.71 bits per heavy atom. The van der Waals surface area contributed by atoms with Gasteiger partial charge in [0.25, 0.3) is 0 Å². The Labute approximate surface area is 126 Å². The van der Waals surface area contributed by atoms with E-state index in [2.05, 4.69) is 11.3 Å². The van der Waals surface area contributed by atoms with E-state index in [1.807, 2.05) is 37.3 Å². The Morgan fingerprint density at radius 3 is 2.29 bits per heavy atom. The molecule has 21 heavy (non-hydrogen) atoms. The molecule has 0 aliphatic rings. The second-order valence-corrected chi connectivity index (χ2v) is 6.64. The van der Waals surface area contributed by atoms with E-state index in [1.165, 1.54) is 0 Å². The monoisotopic (exact) mass is 301 g/mol. The van der Waals surface area contributed by atoms with E-state index < -0.39 is 10.0 Å². The molecule has 0 aliphatic carbocycles. The van der Waals surface area contributed by atoms with Crippen molar-refractivity contribution in [1.29, 1.82) is 0 Å². The molecule has 2 rings (SSSR count). The number of rotatable bonds is 6. The molecule has 110 valence electrons. The first kappa shape index (κ1) is 15.5. The van der Waals surface area contributed by atoms with E-state index in [9.17, 15) is 8.42 Å². The summed E-state index contributed by atoms with van der Waals surface area (Å²) in [5.74, 6) is 0. The maximum Gasteiger partial charge on any atom is 0.241 e. The van der Waals surface area contributed by atoms with Crippen LogP contribution in [0.25, 0.3) is 0 Å². The smallest absolute Gasteiger partial charge is 0.207 e. The van der Waals surface area contributed by atoms with Crippen LogP contribution in [0.4, 0.5) is 0 Å². The zero-order chi connectivity index (χ0) is 15.3. The van der Waals surface area contributed by atoms with Gasteiger partial charge < -0.3 is 0 Å². The number of benzene rings is 2. The summed E-state index contributed by atoms with van der Waals surface area (Å²) in [7, 11) is -3.54. The molecule has 2 aromatic rings. The molecule has 0 saturated heterocycles. The van der Waals surface area contributed by atoms with Crippen molar-refractivity contribution in [2.75, 3.05) is 0 Å². The van der Waals surface area contributed by atoms with Gasteiger partial charge >= 0.3 is 0 Å². The molecule has 0 bridgehead atoms. The summed E-state index contributed by atoms with van der Waals surface area (Å²) >= 11 is 0. The minimum Gasteiger partial charge on any atom is -0.207 e. The van der Waals surface area contributed by atoms with Crippen LogP contribution in [0.2, 0.25) is 0 Å². The molecule has 1 N–H and O–H groups in total. The van der Waals surface area contributed by atoms with Gasteiger partial charge in [-0.15, -0.1) is 6.58 Å². The summed E-state index contributed by atoms with van der Waals surface area (Å²) in [6.45, 7) is 5.63. The van der Waals surface area contributed by atoms with Crippen molar-refractivity contribution >= 4 is 10.0 Å². The lowest BCUT2D eigenvalue weighted by Crippen LogP contribution is -2.28. The van der Waals surface area contributed by atoms with Gasteiger partial charge in [0.2, 0.25) is 10.0 Å². The first-order chi connectivity index (χ1) is 10.0. The molecule has 0 saturated carbocycles. The Balaban J connectivity index is 2.27. The van der Waals surface area contributed by atoms with Crippen LogP contribution in [-0.2, 0) is 10.0 Å². The SMILES string of the molecule is C=CC[C@H](NS(=O)(=O)c1ccc(C)cc1)c1ccccc1. The number of aryl methyl sites for hydroxylation is 1. The van der Waals surface area contributed by atoms with Gasteiger partial charge in [0.05, 0.1) is 10.9 Å². The standard InChI is InChI=1S/C17H19NO2S/c1-3-7-17(15-8-5-4-6-9-15)18-21(19,20)16-12-10-14(2)11-13-16/h3-6,8-13,17-18H,1,7H2,2H3/t17-/m0/s1. The van der Waals surface area contributed by atoms with Crippen molar-refractivity contribution in [2.24, 2.45) is 0 Å². The summed E-state index contributed by atoms with van der Waals surface area (Å²) < 4.78 is 27.7. The molecule has 1 atom stereocenters. The van der Waals surface area contributed by atoms with E-state index in [4.69, 9.17) is 0 Å². The van der Waals surface area contributed by atoms with Crippen LogP contribution in [0, 0.1) is 6.92 Å². The van der Waals surface area contributed by atoms with Gasteiger partial charge in [-0.05, 0) is 31.0 Å². The lowest BCUT2D eigenvalue weighted by Gasteiger charge is -2.18. The number of sulfonamides is 1. The zero-order valence-electron chi connectivity index (χ0n) is 12.0. The van der Waals surface area contributed by atoms with Gasteiger partial charge in [0.15, 0.2) is 0 Å². The normalized spacial score (nSPS) is 12.8. The Morgan fingerprint density at radius 1 is 1.10 bits per heavy atom. The Bertz CT molecular complexity index is 691. The van der Waals surface area contributed by atoms with Crippen molar-refractivity contribution in [3.63, 3.8) is 0 Å². The predicted molar refractivity (Wildman–Crippen MR) is 85.5 cm³/mol. The minimum atomic E-state index is -3.54. The predicted octanol–water partition coefficient (Wildman–Crippen LogP) is 3.59. The lowest BCUT2D eigenvalue weighted by molar-refractivity contribution is 0.557. The van der Waals surface area contributed by atoms with Gasteiger partial charge in [-0.2, -0.15) is 0 Å². The number of nitrogens with one attached hydrogen (secondary N) is 1. The van der Waals surface area contributed by atoms with E-state index in [1.54, 1.807) is 30.3 Å². The molecule has 3 nitrogen and oxygen atoms in total. The van der Waals surface area contributed by atoms with Crippen LogP contribution in [-0.4, -0.2) is 8.42 Å². The Hall–Kier alpha value is -1.91. The molecule has 0 radical (unpaired) electrons. The van der Waals surface area contributed by atoms with Crippen LogP contribution in [0.15, 0.2) is 72.1 Å². The maximum atomic E-state index is 12.5. The average Bonchev–Trinajstić information content (AvgIpc) is 2.48. The van der Waals surface area contributed by atoms with Gasteiger partial charge in [-0.3, -0.25) is 0 Å². The highest BCUT2D eigenvalue weighted by Crippen LogP contribution is 2.20. The second kappa shape index (κ2) is 6.70. The van der Waals surface area contributed by atoms with E-state index in [-0.39, 0.29) is 10.9 Å². The van der Waals surface area contributed by atoms with E-state index in [0.29, 0.717) is 6.42 Å². The Kier molecular flexibility index (Phi) is 4.94. The molecule has 0 spiro atoms. The van der Waals surface area contributed by atoms with Crippen LogP contribution in [0.1, 0.15) is 23.6 Å². The fourth-order valence-electron chi connectivity index (χ4n) is 2.08. The summed E-state index contributed by atoms with van der Waals surface area (Å²) in [6, 6.07) is 16.0. The van der Waals surface area contributed by atoms with Gasteiger partial charge in [-0.1, -0.05) is 54.1 Å². The molecule has 0 unspecified atom stereocenters. The molecule has 0 fully saturated rings. The highest BCUT2D eigenvalue weighted by molar-refractivity contribution is 7.89. The largest absolute Gasteiger partial charge is 0.241 e. The fourth-order valence-corrected chi connectivity index (χ4v) is 3.31. The molecule has 2 aromatic carbocycles. The summed E-state index contributed by atoms with van der Waals surface area (Å²) in [5.41, 5.74) is 1.95. The van der Waals surface area contributed by atoms with Crippen molar-refractivity contribution < 1.29 is 8.42 Å². The van der Waals surface area contributed by atoms with Crippen LogP contribution < -0.4 is 4.72 Å². The van der Waals surface area contributed by atoms with Gasteiger partial charge in [-0.25, -0.2) is 13.1 Å². The molecule has 4 heteroatoms. The molecular weight excluding hydrogens is 282 g/mol. The third kappa shape index (κ3) is 4.03. The topological polar surface area (TPSA) is 46.2 Å². The highest BCUT2D eigenvalue weighted by atomic mass is 32.2. The fraction of sp³-hybridized carbons (Fsp3) is 0.176. The maximum absolute atomic E-state index is 12.5. The molecule has 0 amide bonds. The number of hydrogen-bond donors (Lipinski definition) is 1. The molecule has 0 aliphatic heterocycles. The highest BCUT2D eigenvalue weighted by Gasteiger charge is 2.20. The van der Waals surface area contributed by atoms with Crippen molar-refractivity contribution in [3.8, 4) is 0 Å². The van der Waals surface area contributed by atoms with Crippen molar-refractivity contribution in [2.45, 2.75) is 24.3 Å². The first-order valence-corrected chi connectivity index (χ1v) is 8.26. The van der Waals surface area contributed by atoms with Crippen molar-refractivity contribution in [3.05, 3.63) is 78.4 Å². The third-order valence-electron chi connectivity index (χ3n) is 3.23. The summed E-state index contributed by atoms with van der Waals surface area (Å²) in [5, 5.41) is 0. The third-order valence-corrected chi connectivity index (χ3v) is 4.72.